The number of hydrogen-bond acceptors (Lipinski definition) is 5. The van der Waals surface area contributed by atoms with Gasteiger partial charge in [-0.1, -0.05) is 17.7 Å². The lowest BCUT2D eigenvalue weighted by Crippen LogP contribution is -2.25. The average Bonchev–Trinajstić information content (AvgIpc) is 2.84. The molecule has 6 nitrogen and oxygen atoms in total. The third-order valence-corrected chi connectivity index (χ3v) is 5.38. The first-order valence-electron chi connectivity index (χ1n) is 5.87. The van der Waals surface area contributed by atoms with Crippen molar-refractivity contribution in [1.82, 2.24) is 4.72 Å². The average molecular weight is 347 g/mol. The van der Waals surface area contributed by atoms with Gasteiger partial charge in [-0.2, -0.15) is 0 Å². The SMILES string of the molecule is O=[N+]([O-])c1cccc(S(=O)(=O)NCCc2ccc(Cl)s2)c1. The van der Waals surface area contributed by atoms with E-state index in [1.165, 1.54) is 29.5 Å². The molecule has 2 rings (SSSR count). The number of nitro groups is 1. The number of hydrogen-bond donors (Lipinski definition) is 1. The summed E-state index contributed by atoms with van der Waals surface area (Å²) in [5, 5.41) is 10.7. The minimum atomic E-state index is -3.76. The van der Waals surface area contributed by atoms with Crippen molar-refractivity contribution in [2.45, 2.75) is 11.3 Å². The summed E-state index contributed by atoms with van der Waals surface area (Å²) < 4.78 is 27.1. The molecule has 0 aliphatic rings. The molecule has 21 heavy (non-hydrogen) atoms. The van der Waals surface area contributed by atoms with E-state index in [-0.39, 0.29) is 17.1 Å². The first-order valence-corrected chi connectivity index (χ1v) is 8.54. The van der Waals surface area contributed by atoms with Crippen molar-refractivity contribution in [3.05, 3.63) is 55.7 Å². The van der Waals surface area contributed by atoms with Crippen LogP contribution < -0.4 is 4.72 Å². The van der Waals surface area contributed by atoms with Crippen LogP contribution in [0.3, 0.4) is 0 Å². The van der Waals surface area contributed by atoms with E-state index in [0.29, 0.717) is 10.8 Å². The van der Waals surface area contributed by atoms with Crippen LogP contribution in [0.5, 0.6) is 0 Å². The maximum absolute atomic E-state index is 12.0. The minimum absolute atomic E-state index is 0.124. The van der Waals surface area contributed by atoms with Crippen LogP contribution in [0.2, 0.25) is 4.34 Å². The van der Waals surface area contributed by atoms with Gasteiger partial charge in [-0.05, 0) is 24.6 Å². The van der Waals surface area contributed by atoms with Crippen molar-refractivity contribution in [1.29, 1.82) is 0 Å². The zero-order chi connectivity index (χ0) is 15.5. The summed E-state index contributed by atoms with van der Waals surface area (Å²) in [6.07, 6.45) is 0.505. The minimum Gasteiger partial charge on any atom is -0.258 e. The van der Waals surface area contributed by atoms with Gasteiger partial charge < -0.3 is 0 Å². The molecule has 0 aliphatic carbocycles. The van der Waals surface area contributed by atoms with E-state index in [0.717, 1.165) is 10.9 Å². The summed E-state index contributed by atoms with van der Waals surface area (Å²) in [6.45, 7) is 0.196. The Balaban J connectivity index is 2.04. The van der Waals surface area contributed by atoms with Gasteiger partial charge in [0.05, 0.1) is 14.2 Å². The molecular formula is C12H11ClN2O4S2. The molecule has 0 fully saturated rings. The van der Waals surface area contributed by atoms with Crippen LogP contribution in [0.25, 0.3) is 0 Å². The normalized spacial score (nSPS) is 11.5. The van der Waals surface area contributed by atoms with E-state index >= 15 is 0 Å². The van der Waals surface area contributed by atoms with E-state index in [4.69, 9.17) is 11.6 Å². The molecule has 112 valence electrons. The van der Waals surface area contributed by atoms with Crippen molar-refractivity contribution in [3.63, 3.8) is 0 Å². The lowest BCUT2D eigenvalue weighted by Gasteiger charge is -2.05. The molecule has 0 spiro atoms. The summed E-state index contributed by atoms with van der Waals surface area (Å²) >= 11 is 7.17. The predicted octanol–water partition coefficient (Wildman–Crippen LogP) is 2.83. The number of non-ortho nitro benzene ring substituents is 1. The van der Waals surface area contributed by atoms with E-state index in [2.05, 4.69) is 4.72 Å². The molecule has 2 aromatic rings. The highest BCUT2D eigenvalue weighted by molar-refractivity contribution is 7.89. The van der Waals surface area contributed by atoms with Gasteiger partial charge in [-0.15, -0.1) is 11.3 Å². The molecular weight excluding hydrogens is 336 g/mol. The standard InChI is InChI=1S/C12H11ClN2O4S2/c13-12-5-4-10(20-12)6-7-14-21(18,19)11-3-1-2-9(8-11)15(16)17/h1-5,8,14H,6-7H2. The van der Waals surface area contributed by atoms with Crippen LogP contribution in [0.1, 0.15) is 4.88 Å². The fourth-order valence-corrected chi connectivity index (χ4v) is 3.80. The summed E-state index contributed by atoms with van der Waals surface area (Å²) in [5.41, 5.74) is -0.261. The molecule has 0 bridgehead atoms. The Hall–Kier alpha value is -1.48. The molecule has 0 amide bonds. The van der Waals surface area contributed by atoms with Crippen LogP contribution in [0.4, 0.5) is 5.69 Å². The second-order valence-corrected chi connectivity index (χ2v) is 7.67. The van der Waals surface area contributed by atoms with Crippen molar-refractivity contribution in [3.8, 4) is 0 Å². The monoisotopic (exact) mass is 346 g/mol. The lowest BCUT2D eigenvalue weighted by molar-refractivity contribution is -0.385. The number of halogens is 1. The molecule has 0 atom stereocenters. The highest BCUT2D eigenvalue weighted by Crippen LogP contribution is 2.22. The maximum atomic E-state index is 12.0. The fraction of sp³-hybridized carbons (Fsp3) is 0.167. The number of benzene rings is 1. The van der Waals surface area contributed by atoms with Crippen molar-refractivity contribution >= 4 is 38.6 Å². The van der Waals surface area contributed by atoms with Gasteiger partial charge in [0.2, 0.25) is 10.0 Å². The molecule has 1 N–H and O–H groups in total. The highest BCUT2D eigenvalue weighted by atomic mass is 35.5. The summed E-state index contributed by atoms with van der Waals surface area (Å²) in [6, 6.07) is 8.51. The first-order chi connectivity index (χ1) is 9.88. The number of sulfonamides is 1. The number of rotatable bonds is 6. The zero-order valence-electron chi connectivity index (χ0n) is 10.7. The Morgan fingerprint density at radius 1 is 1.29 bits per heavy atom. The lowest BCUT2D eigenvalue weighted by atomic mass is 10.3. The van der Waals surface area contributed by atoms with Crippen LogP contribution in [0, 0.1) is 10.1 Å². The number of nitrogens with zero attached hydrogens (tertiary/aromatic N) is 1. The predicted molar refractivity (Wildman–Crippen MR) is 81.3 cm³/mol. The molecule has 1 heterocycles. The molecule has 0 radical (unpaired) electrons. The third-order valence-electron chi connectivity index (χ3n) is 2.63. The van der Waals surface area contributed by atoms with Crippen molar-refractivity contribution < 1.29 is 13.3 Å². The van der Waals surface area contributed by atoms with Gasteiger partial charge in [0.1, 0.15) is 0 Å². The van der Waals surface area contributed by atoms with Crippen LogP contribution in [-0.2, 0) is 16.4 Å². The molecule has 0 unspecified atom stereocenters. The summed E-state index contributed by atoms with van der Waals surface area (Å²) in [4.78, 5) is 10.9. The Labute approximate surface area is 130 Å². The summed E-state index contributed by atoms with van der Waals surface area (Å²) in [7, 11) is -3.76. The van der Waals surface area contributed by atoms with Gasteiger partial charge in [0.15, 0.2) is 0 Å². The van der Waals surface area contributed by atoms with Crippen LogP contribution in [0.15, 0.2) is 41.3 Å². The van der Waals surface area contributed by atoms with Gasteiger partial charge in [-0.3, -0.25) is 10.1 Å². The molecule has 9 heteroatoms. The molecule has 1 aromatic carbocycles. The number of nitrogens with one attached hydrogen (secondary N) is 1. The second-order valence-electron chi connectivity index (χ2n) is 4.11. The highest BCUT2D eigenvalue weighted by Gasteiger charge is 2.17. The van der Waals surface area contributed by atoms with Crippen LogP contribution >= 0.6 is 22.9 Å². The fourth-order valence-electron chi connectivity index (χ4n) is 1.64. The molecule has 0 saturated carbocycles. The Kier molecular flexibility index (Phi) is 4.94. The van der Waals surface area contributed by atoms with Crippen molar-refractivity contribution in [2.24, 2.45) is 0 Å². The zero-order valence-corrected chi connectivity index (χ0v) is 13.0. The van der Waals surface area contributed by atoms with E-state index < -0.39 is 14.9 Å². The van der Waals surface area contributed by atoms with E-state index in [1.54, 1.807) is 6.07 Å². The Bertz CT molecular complexity index is 758. The van der Waals surface area contributed by atoms with Gasteiger partial charge >= 0.3 is 0 Å². The third kappa shape index (κ3) is 4.24. The molecule has 0 saturated heterocycles. The van der Waals surface area contributed by atoms with E-state index in [9.17, 15) is 18.5 Å². The van der Waals surface area contributed by atoms with E-state index in [1.807, 2.05) is 6.07 Å². The number of thiophene rings is 1. The largest absolute Gasteiger partial charge is 0.270 e. The smallest absolute Gasteiger partial charge is 0.258 e. The van der Waals surface area contributed by atoms with Crippen molar-refractivity contribution in [2.75, 3.05) is 6.54 Å². The summed E-state index contributed by atoms with van der Waals surface area (Å²) in [5.74, 6) is 0. The Morgan fingerprint density at radius 3 is 2.67 bits per heavy atom. The van der Waals surface area contributed by atoms with Gasteiger partial charge in [0, 0.05) is 23.6 Å². The topological polar surface area (TPSA) is 89.3 Å². The molecule has 1 aromatic heterocycles. The second kappa shape index (κ2) is 6.52. The molecule has 0 aliphatic heterocycles. The maximum Gasteiger partial charge on any atom is 0.270 e. The van der Waals surface area contributed by atoms with Gasteiger partial charge in [0.25, 0.3) is 5.69 Å². The first kappa shape index (κ1) is 15.9. The van der Waals surface area contributed by atoms with Crippen LogP contribution in [-0.4, -0.2) is 19.9 Å². The Morgan fingerprint density at radius 2 is 2.05 bits per heavy atom. The number of nitro benzene ring substituents is 1. The quantitative estimate of drug-likeness (QED) is 0.643. The van der Waals surface area contributed by atoms with Gasteiger partial charge in [-0.25, -0.2) is 13.1 Å².